The van der Waals surface area contributed by atoms with Crippen molar-refractivity contribution >= 4 is 11.8 Å². The van der Waals surface area contributed by atoms with Crippen molar-refractivity contribution in [3.05, 3.63) is 29.8 Å². The van der Waals surface area contributed by atoms with Crippen LogP contribution in [0.25, 0.3) is 0 Å². The number of hydrogen-bond donors (Lipinski definition) is 1. The minimum Gasteiger partial charge on any atom is -0.480 e. The molecule has 0 aliphatic carbocycles. The Morgan fingerprint density at radius 3 is 3.05 bits per heavy atom. The Kier molecular flexibility index (Phi) is 3.90. The molecule has 1 aliphatic rings. The molecule has 0 radical (unpaired) electrons. The smallest absolute Gasteiger partial charge is 0.343 e. The average molecular weight is 303 g/mol. The molecule has 8 heteroatoms. The highest BCUT2D eigenvalue weighted by atomic mass is 16.5. The fourth-order valence-electron chi connectivity index (χ4n) is 2.55. The lowest BCUT2D eigenvalue weighted by atomic mass is 10.1. The van der Waals surface area contributed by atoms with Gasteiger partial charge in [0.2, 0.25) is 5.88 Å². The number of anilines is 1. The van der Waals surface area contributed by atoms with Crippen LogP contribution in [-0.2, 0) is 11.3 Å². The quantitative estimate of drug-likeness (QED) is 0.854. The molecule has 0 saturated carbocycles. The Balaban J connectivity index is 1.84. The molecule has 2 aromatic rings. The summed E-state index contributed by atoms with van der Waals surface area (Å²) < 4.78 is 11.8. The summed E-state index contributed by atoms with van der Waals surface area (Å²) in [5.41, 5.74) is 0.294. The van der Waals surface area contributed by atoms with E-state index in [0.717, 1.165) is 25.2 Å². The van der Waals surface area contributed by atoms with Crippen LogP contribution in [0.4, 0.5) is 5.82 Å². The molecule has 3 rings (SSSR count). The third kappa shape index (κ3) is 2.59. The Bertz CT molecular complexity index is 685. The van der Waals surface area contributed by atoms with Crippen LogP contribution in [0.2, 0.25) is 0 Å². The zero-order valence-electron chi connectivity index (χ0n) is 12.4. The van der Waals surface area contributed by atoms with Crippen molar-refractivity contribution in [3.8, 4) is 5.88 Å². The van der Waals surface area contributed by atoms with Crippen molar-refractivity contribution in [3.63, 3.8) is 0 Å². The maximum atomic E-state index is 11.6. The standard InChI is InChI=1S/C14H17N5O3/c1-21-13-9(14(20)22-2)5-6-11(18-13)17-10-4-3-7-19-12(10)15-8-16-19/h5-6,8,10H,3-4,7H2,1-2H3,(H,17,18)/t10-/m1/s1. The second-order valence-corrected chi connectivity index (χ2v) is 4.93. The number of nitrogens with zero attached hydrogens (tertiary/aromatic N) is 4. The summed E-state index contributed by atoms with van der Waals surface area (Å²) in [6.45, 7) is 0.880. The van der Waals surface area contributed by atoms with E-state index >= 15 is 0 Å². The first kappa shape index (κ1) is 14.3. The molecule has 2 aromatic heterocycles. The van der Waals surface area contributed by atoms with E-state index in [1.807, 2.05) is 4.68 Å². The lowest BCUT2D eigenvalue weighted by molar-refractivity contribution is 0.0596. The van der Waals surface area contributed by atoms with Gasteiger partial charge in [0.15, 0.2) is 0 Å². The lowest BCUT2D eigenvalue weighted by Gasteiger charge is -2.23. The van der Waals surface area contributed by atoms with Gasteiger partial charge in [-0.1, -0.05) is 0 Å². The van der Waals surface area contributed by atoms with Crippen LogP contribution in [0.1, 0.15) is 35.1 Å². The molecule has 1 atom stereocenters. The number of carbonyl (C=O) groups is 1. The first-order chi connectivity index (χ1) is 10.7. The van der Waals surface area contributed by atoms with E-state index in [4.69, 9.17) is 9.47 Å². The number of aromatic nitrogens is 4. The summed E-state index contributed by atoms with van der Waals surface area (Å²) in [7, 11) is 2.79. The summed E-state index contributed by atoms with van der Waals surface area (Å²) in [6.07, 6.45) is 3.52. The molecule has 0 unspecified atom stereocenters. The fourth-order valence-corrected chi connectivity index (χ4v) is 2.55. The van der Waals surface area contributed by atoms with E-state index in [1.54, 1.807) is 18.5 Å². The van der Waals surface area contributed by atoms with E-state index in [2.05, 4.69) is 20.4 Å². The van der Waals surface area contributed by atoms with Gasteiger partial charge in [0.05, 0.1) is 20.3 Å². The number of carbonyl (C=O) groups excluding carboxylic acids is 1. The highest BCUT2D eigenvalue weighted by molar-refractivity contribution is 5.92. The van der Waals surface area contributed by atoms with Gasteiger partial charge in [-0.2, -0.15) is 10.1 Å². The molecule has 3 heterocycles. The van der Waals surface area contributed by atoms with Gasteiger partial charge in [-0.05, 0) is 25.0 Å². The average Bonchev–Trinajstić information content (AvgIpc) is 3.03. The molecule has 8 nitrogen and oxygen atoms in total. The minimum atomic E-state index is -0.478. The number of nitrogens with one attached hydrogen (secondary N) is 1. The lowest BCUT2D eigenvalue weighted by Crippen LogP contribution is -2.23. The number of esters is 1. The SMILES string of the molecule is COC(=O)c1ccc(N[C@@H]2CCCn3ncnc32)nc1OC. The van der Waals surface area contributed by atoms with Crippen molar-refractivity contribution < 1.29 is 14.3 Å². The van der Waals surface area contributed by atoms with E-state index in [0.29, 0.717) is 11.4 Å². The third-order valence-electron chi connectivity index (χ3n) is 3.60. The summed E-state index contributed by atoms with van der Waals surface area (Å²) in [5.74, 6) is 1.26. The predicted octanol–water partition coefficient (Wildman–Crippen LogP) is 1.42. The molecular formula is C14H17N5O3. The van der Waals surface area contributed by atoms with Gasteiger partial charge in [0.1, 0.15) is 23.5 Å². The van der Waals surface area contributed by atoms with E-state index < -0.39 is 5.97 Å². The predicted molar refractivity (Wildman–Crippen MR) is 77.7 cm³/mol. The molecule has 0 aromatic carbocycles. The molecule has 0 saturated heterocycles. The maximum absolute atomic E-state index is 11.6. The van der Waals surface area contributed by atoms with Crippen molar-refractivity contribution in [1.82, 2.24) is 19.7 Å². The second kappa shape index (κ2) is 6.00. The number of aryl methyl sites for hydroxylation is 1. The summed E-state index contributed by atoms with van der Waals surface area (Å²) in [4.78, 5) is 20.3. The van der Waals surface area contributed by atoms with Crippen molar-refractivity contribution in [2.45, 2.75) is 25.4 Å². The van der Waals surface area contributed by atoms with Crippen LogP contribution in [0.3, 0.4) is 0 Å². The molecule has 1 N–H and O–H groups in total. The Morgan fingerprint density at radius 1 is 1.41 bits per heavy atom. The zero-order valence-corrected chi connectivity index (χ0v) is 12.4. The van der Waals surface area contributed by atoms with Crippen molar-refractivity contribution in [1.29, 1.82) is 0 Å². The zero-order chi connectivity index (χ0) is 15.5. The fraction of sp³-hybridized carbons (Fsp3) is 0.429. The number of pyridine rings is 1. The highest BCUT2D eigenvalue weighted by Crippen LogP contribution is 2.27. The molecule has 0 spiro atoms. The number of fused-ring (bicyclic) bond motifs is 1. The molecule has 22 heavy (non-hydrogen) atoms. The Hall–Kier alpha value is -2.64. The number of methoxy groups -OCH3 is 2. The molecule has 1 aliphatic heterocycles. The highest BCUT2D eigenvalue weighted by Gasteiger charge is 2.23. The van der Waals surface area contributed by atoms with Crippen LogP contribution < -0.4 is 10.1 Å². The molecular weight excluding hydrogens is 286 g/mol. The van der Waals surface area contributed by atoms with Gasteiger partial charge in [0.25, 0.3) is 0 Å². The van der Waals surface area contributed by atoms with Gasteiger partial charge in [-0.3, -0.25) is 0 Å². The molecule has 0 amide bonds. The number of rotatable bonds is 4. The van der Waals surface area contributed by atoms with Gasteiger partial charge >= 0.3 is 5.97 Å². The van der Waals surface area contributed by atoms with Crippen molar-refractivity contribution in [2.24, 2.45) is 0 Å². The van der Waals surface area contributed by atoms with Crippen LogP contribution >= 0.6 is 0 Å². The van der Waals surface area contributed by atoms with Gasteiger partial charge in [0, 0.05) is 6.54 Å². The summed E-state index contributed by atoms with van der Waals surface area (Å²) in [6, 6.07) is 3.40. The first-order valence-electron chi connectivity index (χ1n) is 7.00. The second-order valence-electron chi connectivity index (χ2n) is 4.93. The van der Waals surface area contributed by atoms with Crippen LogP contribution in [0, 0.1) is 0 Å². The summed E-state index contributed by atoms with van der Waals surface area (Å²) in [5, 5.41) is 7.51. The van der Waals surface area contributed by atoms with Crippen LogP contribution in [0.15, 0.2) is 18.5 Å². The van der Waals surface area contributed by atoms with Crippen LogP contribution in [0.5, 0.6) is 5.88 Å². The van der Waals surface area contributed by atoms with E-state index in [1.165, 1.54) is 14.2 Å². The van der Waals surface area contributed by atoms with Gasteiger partial charge in [-0.15, -0.1) is 0 Å². The number of ether oxygens (including phenoxy) is 2. The first-order valence-corrected chi connectivity index (χ1v) is 7.00. The Morgan fingerprint density at radius 2 is 2.27 bits per heavy atom. The minimum absolute atomic E-state index is 0.0393. The van der Waals surface area contributed by atoms with Gasteiger partial charge in [-0.25, -0.2) is 14.5 Å². The topological polar surface area (TPSA) is 91.2 Å². The monoisotopic (exact) mass is 303 g/mol. The third-order valence-corrected chi connectivity index (χ3v) is 3.60. The largest absolute Gasteiger partial charge is 0.480 e. The van der Waals surface area contributed by atoms with E-state index in [9.17, 15) is 4.79 Å². The maximum Gasteiger partial charge on any atom is 0.343 e. The Labute approximate surface area is 127 Å². The normalized spacial score (nSPS) is 16.7. The van der Waals surface area contributed by atoms with Crippen LogP contribution in [-0.4, -0.2) is 39.9 Å². The summed E-state index contributed by atoms with van der Waals surface area (Å²) >= 11 is 0. The van der Waals surface area contributed by atoms with Gasteiger partial charge < -0.3 is 14.8 Å². The molecule has 116 valence electrons. The van der Waals surface area contributed by atoms with Crippen molar-refractivity contribution in [2.75, 3.05) is 19.5 Å². The molecule has 0 fully saturated rings. The molecule has 0 bridgehead atoms. The number of hydrogen-bond acceptors (Lipinski definition) is 7. The van der Waals surface area contributed by atoms with E-state index in [-0.39, 0.29) is 11.9 Å².